The van der Waals surface area contributed by atoms with Crippen LogP contribution >= 0.6 is 0 Å². The van der Waals surface area contributed by atoms with Gasteiger partial charge in [-0.25, -0.2) is 4.79 Å². The summed E-state index contributed by atoms with van der Waals surface area (Å²) in [4.78, 5) is 24.0. The molecule has 20 heavy (non-hydrogen) atoms. The maximum absolute atomic E-state index is 12.3. The van der Waals surface area contributed by atoms with Crippen LogP contribution in [0.3, 0.4) is 0 Å². The number of esters is 1. The molecule has 3 rings (SSSR count). The molecule has 0 aliphatic heterocycles. The first-order valence-corrected chi connectivity index (χ1v) is 7.20. The number of hydrogen-bond donors (Lipinski definition) is 1. The Bertz CT molecular complexity index is 528. The summed E-state index contributed by atoms with van der Waals surface area (Å²) in [6, 6.07) is 6.98. The molecule has 0 saturated heterocycles. The Morgan fingerprint density at radius 3 is 2.45 bits per heavy atom. The van der Waals surface area contributed by atoms with Gasteiger partial charge in [-0.2, -0.15) is 0 Å². The number of methoxy groups -OCH3 is 1. The maximum Gasteiger partial charge on any atom is 0.339 e. The number of nitrogens with one attached hydrogen (secondary N) is 1. The van der Waals surface area contributed by atoms with E-state index >= 15 is 0 Å². The predicted octanol–water partition coefficient (Wildman–Crippen LogP) is 2.85. The average molecular weight is 273 g/mol. The van der Waals surface area contributed by atoms with Gasteiger partial charge < -0.3 is 10.1 Å². The SMILES string of the molecule is COC(=O)c1ccccc1NC(=O)C1C2CCCCC21. The summed E-state index contributed by atoms with van der Waals surface area (Å²) >= 11 is 0. The number of ether oxygens (including phenoxy) is 1. The Hall–Kier alpha value is -1.84. The fourth-order valence-corrected chi connectivity index (χ4v) is 3.48. The van der Waals surface area contributed by atoms with Gasteiger partial charge in [-0.3, -0.25) is 4.79 Å². The third-order valence-corrected chi connectivity index (χ3v) is 4.55. The predicted molar refractivity (Wildman–Crippen MR) is 75.3 cm³/mol. The first kappa shape index (κ1) is 13.2. The Morgan fingerprint density at radius 2 is 1.80 bits per heavy atom. The van der Waals surface area contributed by atoms with E-state index in [1.807, 2.05) is 6.07 Å². The Labute approximate surface area is 118 Å². The number of benzene rings is 1. The van der Waals surface area contributed by atoms with Crippen molar-refractivity contribution in [3.8, 4) is 0 Å². The zero-order valence-electron chi connectivity index (χ0n) is 11.6. The Kier molecular flexibility index (Phi) is 3.47. The molecule has 2 fully saturated rings. The van der Waals surface area contributed by atoms with Crippen molar-refractivity contribution in [2.45, 2.75) is 25.7 Å². The van der Waals surface area contributed by atoms with E-state index in [4.69, 9.17) is 4.74 Å². The lowest BCUT2D eigenvalue weighted by atomic mass is 10.0. The van der Waals surface area contributed by atoms with Crippen LogP contribution in [-0.4, -0.2) is 19.0 Å². The minimum Gasteiger partial charge on any atom is -0.465 e. The molecule has 4 nitrogen and oxygen atoms in total. The molecule has 2 unspecified atom stereocenters. The second-order valence-corrected chi connectivity index (χ2v) is 5.66. The van der Waals surface area contributed by atoms with Crippen molar-refractivity contribution in [2.75, 3.05) is 12.4 Å². The van der Waals surface area contributed by atoms with Gasteiger partial charge in [-0.05, 0) is 36.8 Å². The van der Waals surface area contributed by atoms with Crippen LogP contribution in [-0.2, 0) is 9.53 Å². The van der Waals surface area contributed by atoms with Crippen LogP contribution in [0.25, 0.3) is 0 Å². The lowest BCUT2D eigenvalue weighted by molar-refractivity contribution is -0.117. The van der Waals surface area contributed by atoms with Gasteiger partial charge in [-0.1, -0.05) is 25.0 Å². The minimum absolute atomic E-state index is 0.0539. The highest BCUT2D eigenvalue weighted by Crippen LogP contribution is 2.55. The highest BCUT2D eigenvalue weighted by molar-refractivity contribution is 6.02. The monoisotopic (exact) mass is 273 g/mol. The van der Waals surface area contributed by atoms with E-state index in [-0.39, 0.29) is 11.8 Å². The number of fused-ring (bicyclic) bond motifs is 1. The van der Waals surface area contributed by atoms with Gasteiger partial charge in [-0.15, -0.1) is 0 Å². The van der Waals surface area contributed by atoms with Crippen LogP contribution in [0.5, 0.6) is 0 Å². The first-order chi connectivity index (χ1) is 9.72. The highest BCUT2D eigenvalue weighted by atomic mass is 16.5. The molecule has 2 aliphatic rings. The van der Waals surface area contributed by atoms with E-state index in [1.165, 1.54) is 32.8 Å². The van der Waals surface area contributed by atoms with Crippen molar-refractivity contribution in [1.29, 1.82) is 0 Å². The van der Waals surface area contributed by atoms with Crippen LogP contribution < -0.4 is 5.32 Å². The van der Waals surface area contributed by atoms with Crippen LogP contribution in [0.15, 0.2) is 24.3 Å². The number of hydrogen-bond acceptors (Lipinski definition) is 3. The van der Waals surface area contributed by atoms with E-state index in [9.17, 15) is 9.59 Å². The van der Waals surface area contributed by atoms with Gasteiger partial charge in [0.15, 0.2) is 0 Å². The van der Waals surface area contributed by atoms with Crippen molar-refractivity contribution in [2.24, 2.45) is 17.8 Å². The van der Waals surface area contributed by atoms with E-state index < -0.39 is 5.97 Å². The van der Waals surface area contributed by atoms with Gasteiger partial charge in [0, 0.05) is 5.92 Å². The Morgan fingerprint density at radius 1 is 1.15 bits per heavy atom. The molecule has 0 radical (unpaired) electrons. The van der Waals surface area contributed by atoms with E-state index in [1.54, 1.807) is 18.2 Å². The quantitative estimate of drug-likeness (QED) is 0.862. The first-order valence-electron chi connectivity index (χ1n) is 7.20. The number of carbonyl (C=O) groups is 2. The summed E-state index contributed by atoms with van der Waals surface area (Å²) in [5.74, 6) is 0.902. The van der Waals surface area contributed by atoms with Gasteiger partial charge in [0.25, 0.3) is 0 Å². The average Bonchev–Trinajstić information content (AvgIpc) is 3.21. The second-order valence-electron chi connectivity index (χ2n) is 5.66. The highest BCUT2D eigenvalue weighted by Gasteiger charge is 2.54. The summed E-state index contributed by atoms with van der Waals surface area (Å²) < 4.78 is 4.74. The van der Waals surface area contributed by atoms with Crippen molar-refractivity contribution < 1.29 is 14.3 Å². The fraction of sp³-hybridized carbons (Fsp3) is 0.500. The van der Waals surface area contributed by atoms with Gasteiger partial charge in [0.05, 0.1) is 18.4 Å². The smallest absolute Gasteiger partial charge is 0.339 e. The van der Waals surface area contributed by atoms with Crippen LogP contribution in [0.1, 0.15) is 36.0 Å². The third-order valence-electron chi connectivity index (χ3n) is 4.55. The molecular formula is C16H19NO3. The molecule has 1 aromatic rings. The van der Waals surface area contributed by atoms with Gasteiger partial charge in [0.2, 0.25) is 5.91 Å². The second kappa shape index (κ2) is 5.27. The normalized spacial score (nSPS) is 27.4. The minimum atomic E-state index is -0.422. The van der Waals surface area contributed by atoms with Crippen LogP contribution in [0.2, 0.25) is 0 Å². The summed E-state index contributed by atoms with van der Waals surface area (Å²) in [6.07, 6.45) is 4.82. The third kappa shape index (κ3) is 2.30. The Balaban J connectivity index is 1.72. The van der Waals surface area contributed by atoms with E-state index in [2.05, 4.69) is 5.32 Å². The number of anilines is 1. The largest absolute Gasteiger partial charge is 0.465 e. The number of rotatable bonds is 3. The fourth-order valence-electron chi connectivity index (χ4n) is 3.48. The lowest BCUT2D eigenvalue weighted by Gasteiger charge is -2.09. The van der Waals surface area contributed by atoms with Crippen LogP contribution in [0, 0.1) is 17.8 Å². The van der Waals surface area contributed by atoms with Gasteiger partial charge in [0.1, 0.15) is 0 Å². The van der Waals surface area contributed by atoms with Crippen LogP contribution in [0.4, 0.5) is 5.69 Å². The zero-order chi connectivity index (χ0) is 14.1. The maximum atomic E-state index is 12.3. The summed E-state index contributed by atoms with van der Waals surface area (Å²) in [5.41, 5.74) is 0.958. The summed E-state index contributed by atoms with van der Waals surface area (Å²) in [6.45, 7) is 0. The molecule has 2 aliphatic carbocycles. The molecular weight excluding hydrogens is 254 g/mol. The molecule has 1 N–H and O–H groups in total. The van der Waals surface area contributed by atoms with Crippen molar-refractivity contribution in [3.05, 3.63) is 29.8 Å². The molecule has 106 valence electrons. The number of para-hydroxylation sites is 1. The molecule has 0 aromatic heterocycles. The molecule has 0 spiro atoms. The molecule has 0 bridgehead atoms. The summed E-state index contributed by atoms with van der Waals surface area (Å²) in [5, 5.41) is 2.90. The van der Waals surface area contributed by atoms with Crippen molar-refractivity contribution in [1.82, 2.24) is 0 Å². The zero-order valence-corrected chi connectivity index (χ0v) is 11.6. The topological polar surface area (TPSA) is 55.4 Å². The number of carbonyl (C=O) groups excluding carboxylic acids is 2. The van der Waals surface area contributed by atoms with E-state index in [0.717, 1.165) is 0 Å². The molecule has 2 atom stereocenters. The molecule has 4 heteroatoms. The molecule has 2 saturated carbocycles. The molecule has 0 heterocycles. The standard InChI is InChI=1S/C16H19NO3/c1-20-16(19)12-8-4-5-9-13(12)17-15(18)14-10-6-2-3-7-11(10)14/h4-5,8-11,14H,2-3,6-7H2,1H3,(H,17,18). The van der Waals surface area contributed by atoms with Crippen molar-refractivity contribution >= 4 is 17.6 Å². The van der Waals surface area contributed by atoms with Gasteiger partial charge >= 0.3 is 5.97 Å². The van der Waals surface area contributed by atoms with E-state index in [0.29, 0.717) is 23.1 Å². The molecule has 1 amide bonds. The lowest BCUT2D eigenvalue weighted by Crippen LogP contribution is -2.18. The summed E-state index contributed by atoms with van der Waals surface area (Å²) in [7, 11) is 1.34. The van der Waals surface area contributed by atoms with Crippen molar-refractivity contribution in [3.63, 3.8) is 0 Å². The number of amides is 1. The molecule has 1 aromatic carbocycles.